The van der Waals surface area contributed by atoms with Crippen LogP contribution in [0.3, 0.4) is 0 Å². The van der Waals surface area contributed by atoms with Crippen molar-refractivity contribution < 1.29 is 4.52 Å². The van der Waals surface area contributed by atoms with E-state index in [4.69, 9.17) is 4.52 Å². The molecular weight excluding hydrogens is 268 g/mol. The number of nitrogens with zero attached hydrogens (tertiary/aromatic N) is 6. The lowest BCUT2D eigenvalue weighted by Gasteiger charge is -2.37. The van der Waals surface area contributed by atoms with Crippen LogP contribution in [0, 0.1) is 20.8 Å². The third-order valence-electron chi connectivity index (χ3n) is 3.97. The van der Waals surface area contributed by atoms with E-state index in [-0.39, 0.29) is 6.04 Å². The quantitative estimate of drug-likeness (QED) is 0.824. The molecule has 7 heteroatoms. The number of hydrogen-bond donors (Lipinski definition) is 0. The number of anilines is 1. The maximum atomic E-state index is 5.33. The van der Waals surface area contributed by atoms with Gasteiger partial charge in [-0.3, -0.25) is 4.90 Å². The van der Waals surface area contributed by atoms with Crippen LogP contribution in [0.2, 0.25) is 0 Å². The molecule has 1 saturated heterocycles. The average Bonchev–Trinajstić information content (AvgIpc) is 2.89. The molecule has 0 bridgehead atoms. The number of aromatic nitrogens is 4. The highest BCUT2D eigenvalue weighted by Crippen LogP contribution is 2.25. The minimum atomic E-state index is 0.0742. The fourth-order valence-corrected chi connectivity index (χ4v) is 2.44. The molecule has 2 aromatic heterocycles. The van der Waals surface area contributed by atoms with E-state index in [9.17, 15) is 0 Å². The van der Waals surface area contributed by atoms with Gasteiger partial charge in [0.15, 0.2) is 5.82 Å². The van der Waals surface area contributed by atoms with Crippen LogP contribution < -0.4 is 4.90 Å². The van der Waals surface area contributed by atoms with Gasteiger partial charge in [0.05, 0.1) is 0 Å². The third-order valence-corrected chi connectivity index (χ3v) is 3.97. The molecule has 1 fully saturated rings. The second-order valence-corrected chi connectivity index (χ2v) is 5.56. The van der Waals surface area contributed by atoms with Gasteiger partial charge in [0.2, 0.25) is 11.8 Å². The number of aryl methyl sites for hydroxylation is 3. The first-order valence-electron chi connectivity index (χ1n) is 7.10. The van der Waals surface area contributed by atoms with E-state index in [1.54, 1.807) is 0 Å². The van der Waals surface area contributed by atoms with Crippen molar-refractivity contribution in [3.05, 3.63) is 29.2 Å². The zero-order chi connectivity index (χ0) is 15.0. The van der Waals surface area contributed by atoms with Crippen molar-refractivity contribution in [2.45, 2.75) is 26.8 Å². The van der Waals surface area contributed by atoms with E-state index in [0.717, 1.165) is 36.8 Å². The van der Waals surface area contributed by atoms with Gasteiger partial charge in [0, 0.05) is 31.5 Å². The number of hydrogen-bond acceptors (Lipinski definition) is 7. The Morgan fingerprint density at radius 2 is 2.00 bits per heavy atom. The lowest BCUT2D eigenvalue weighted by molar-refractivity contribution is 0.177. The largest absolute Gasteiger partial charge is 0.338 e. The van der Waals surface area contributed by atoms with Crippen LogP contribution in [0.15, 0.2) is 10.7 Å². The first-order chi connectivity index (χ1) is 10.0. The molecule has 3 rings (SSSR count). The van der Waals surface area contributed by atoms with Gasteiger partial charge in [0.25, 0.3) is 0 Å². The van der Waals surface area contributed by atoms with Crippen molar-refractivity contribution in [1.82, 2.24) is 25.0 Å². The van der Waals surface area contributed by atoms with Gasteiger partial charge in [-0.25, -0.2) is 9.97 Å². The van der Waals surface area contributed by atoms with Gasteiger partial charge in [-0.05, 0) is 33.4 Å². The summed E-state index contributed by atoms with van der Waals surface area (Å²) in [6.45, 7) is 8.41. The van der Waals surface area contributed by atoms with Crippen molar-refractivity contribution >= 4 is 5.95 Å². The zero-order valence-corrected chi connectivity index (χ0v) is 12.9. The summed E-state index contributed by atoms with van der Waals surface area (Å²) < 4.78 is 5.33. The third kappa shape index (κ3) is 2.73. The molecule has 1 aliphatic rings. The number of likely N-dealkylation sites (N-methyl/N-ethyl adjacent to an activating group) is 1. The topological polar surface area (TPSA) is 71.2 Å². The van der Waals surface area contributed by atoms with Gasteiger partial charge in [-0.2, -0.15) is 4.98 Å². The molecule has 0 amide bonds. The standard InChI is InChI=1S/C14H20N6O/c1-9-7-15-14(16-10(9)2)20-6-5-19(4)12(8-20)13-17-11(3)18-21-13/h7,12H,5-6,8H2,1-4H3/t12-/m0/s1. The molecule has 0 aromatic carbocycles. The molecule has 0 aliphatic carbocycles. The summed E-state index contributed by atoms with van der Waals surface area (Å²) in [5.74, 6) is 2.09. The first-order valence-corrected chi connectivity index (χ1v) is 7.10. The second-order valence-electron chi connectivity index (χ2n) is 5.56. The van der Waals surface area contributed by atoms with Crippen LogP contribution in [0.1, 0.15) is 29.0 Å². The summed E-state index contributed by atoms with van der Waals surface area (Å²) in [7, 11) is 2.07. The smallest absolute Gasteiger partial charge is 0.245 e. The van der Waals surface area contributed by atoms with Crippen molar-refractivity contribution in [3.8, 4) is 0 Å². The van der Waals surface area contributed by atoms with Crippen LogP contribution in [0.4, 0.5) is 5.95 Å². The monoisotopic (exact) mass is 288 g/mol. The fourth-order valence-electron chi connectivity index (χ4n) is 2.44. The molecule has 3 heterocycles. The number of piperazine rings is 1. The summed E-state index contributed by atoms with van der Waals surface area (Å²) in [6, 6.07) is 0.0742. The molecule has 0 radical (unpaired) electrons. The molecule has 0 N–H and O–H groups in total. The van der Waals surface area contributed by atoms with Crippen molar-refractivity contribution in [1.29, 1.82) is 0 Å². The molecule has 0 unspecified atom stereocenters. The van der Waals surface area contributed by atoms with E-state index in [0.29, 0.717) is 11.7 Å². The highest BCUT2D eigenvalue weighted by molar-refractivity contribution is 5.34. The average molecular weight is 288 g/mol. The Kier molecular flexibility index (Phi) is 3.59. The Bertz CT molecular complexity index is 640. The fraction of sp³-hybridized carbons (Fsp3) is 0.571. The SMILES string of the molecule is Cc1noc([C@@H]2CN(c3ncc(C)c(C)n3)CCN2C)n1. The highest BCUT2D eigenvalue weighted by Gasteiger charge is 2.31. The summed E-state index contributed by atoms with van der Waals surface area (Å²) in [6.07, 6.45) is 1.88. The number of rotatable bonds is 2. The minimum absolute atomic E-state index is 0.0742. The normalized spacial score (nSPS) is 20.0. The summed E-state index contributed by atoms with van der Waals surface area (Å²) in [5.41, 5.74) is 2.13. The maximum Gasteiger partial charge on any atom is 0.245 e. The first kappa shape index (κ1) is 13.9. The van der Waals surface area contributed by atoms with E-state index < -0.39 is 0 Å². The molecule has 0 spiro atoms. The van der Waals surface area contributed by atoms with Gasteiger partial charge in [0.1, 0.15) is 6.04 Å². The Morgan fingerprint density at radius 3 is 2.67 bits per heavy atom. The molecule has 112 valence electrons. The van der Waals surface area contributed by atoms with Crippen LogP contribution in [-0.2, 0) is 0 Å². The minimum Gasteiger partial charge on any atom is -0.338 e. The van der Waals surface area contributed by atoms with E-state index in [1.807, 2.05) is 27.0 Å². The Morgan fingerprint density at radius 1 is 1.19 bits per heavy atom. The lowest BCUT2D eigenvalue weighted by Crippen LogP contribution is -2.47. The highest BCUT2D eigenvalue weighted by atomic mass is 16.5. The van der Waals surface area contributed by atoms with Crippen molar-refractivity contribution in [2.24, 2.45) is 0 Å². The summed E-state index contributed by atoms with van der Waals surface area (Å²) in [4.78, 5) is 17.8. The van der Waals surface area contributed by atoms with Gasteiger partial charge < -0.3 is 9.42 Å². The lowest BCUT2D eigenvalue weighted by atomic mass is 10.2. The van der Waals surface area contributed by atoms with E-state index in [2.05, 4.69) is 37.0 Å². The zero-order valence-electron chi connectivity index (χ0n) is 12.9. The predicted octanol–water partition coefficient (Wildman–Crippen LogP) is 1.28. The Hall–Kier alpha value is -2.02. The van der Waals surface area contributed by atoms with E-state index >= 15 is 0 Å². The molecule has 7 nitrogen and oxygen atoms in total. The molecular formula is C14H20N6O. The van der Waals surface area contributed by atoms with E-state index in [1.165, 1.54) is 0 Å². The molecule has 0 saturated carbocycles. The second kappa shape index (κ2) is 5.40. The molecule has 1 aliphatic heterocycles. The predicted molar refractivity (Wildman–Crippen MR) is 78.1 cm³/mol. The Labute approximate surface area is 124 Å². The summed E-state index contributed by atoms with van der Waals surface area (Å²) >= 11 is 0. The van der Waals surface area contributed by atoms with Crippen LogP contribution in [0.5, 0.6) is 0 Å². The van der Waals surface area contributed by atoms with Crippen molar-refractivity contribution in [3.63, 3.8) is 0 Å². The molecule has 21 heavy (non-hydrogen) atoms. The summed E-state index contributed by atoms with van der Waals surface area (Å²) in [5, 5.41) is 3.89. The van der Waals surface area contributed by atoms with Crippen LogP contribution >= 0.6 is 0 Å². The van der Waals surface area contributed by atoms with Crippen LogP contribution in [-0.4, -0.2) is 51.7 Å². The Balaban J connectivity index is 1.83. The molecule has 2 aromatic rings. The van der Waals surface area contributed by atoms with Gasteiger partial charge in [-0.15, -0.1) is 0 Å². The van der Waals surface area contributed by atoms with Gasteiger partial charge in [-0.1, -0.05) is 5.16 Å². The van der Waals surface area contributed by atoms with Crippen molar-refractivity contribution in [2.75, 3.05) is 31.6 Å². The maximum absolute atomic E-state index is 5.33. The molecule has 1 atom stereocenters. The van der Waals surface area contributed by atoms with Crippen LogP contribution in [0.25, 0.3) is 0 Å². The van der Waals surface area contributed by atoms with Gasteiger partial charge >= 0.3 is 0 Å².